The van der Waals surface area contributed by atoms with Crippen molar-refractivity contribution in [1.29, 1.82) is 0 Å². The molecule has 13 nitrogen and oxygen atoms in total. The molecule has 0 bridgehead atoms. The molecule has 1 saturated carbocycles. The van der Waals surface area contributed by atoms with E-state index in [1.54, 1.807) is 16.4 Å². The summed E-state index contributed by atoms with van der Waals surface area (Å²) in [4.78, 5) is 48.6. The molecule has 0 spiro atoms. The summed E-state index contributed by atoms with van der Waals surface area (Å²) in [6.07, 6.45) is 6.53. The van der Waals surface area contributed by atoms with Gasteiger partial charge < -0.3 is 15.1 Å². The predicted octanol–water partition coefficient (Wildman–Crippen LogP) is 4.50. The molecule has 6 rings (SSSR count). The van der Waals surface area contributed by atoms with Gasteiger partial charge in [-0.25, -0.2) is 27.1 Å². The molecule has 4 heterocycles. The van der Waals surface area contributed by atoms with Gasteiger partial charge in [0.15, 0.2) is 0 Å². The van der Waals surface area contributed by atoms with Gasteiger partial charge in [-0.15, -0.1) is 0 Å². The SMILES string of the molecule is Cc1ncnc(C)c1C(=O)N1CCC(C)(N2CCN([C@@H](c3cccc(F)c3)C3CCN(S(=O)(=O)C4CC4)CC3)[C@H](C)C2)CC1.O=C(O)CCCC(=O)O. The second-order valence-corrected chi connectivity index (χ2v) is 17.6. The summed E-state index contributed by atoms with van der Waals surface area (Å²) < 4.78 is 42.0. The molecule has 0 unspecified atom stereocenters. The molecule has 1 aliphatic carbocycles. The Morgan fingerprint density at radius 1 is 0.925 bits per heavy atom. The number of hydrogen-bond donors (Lipinski definition) is 2. The van der Waals surface area contributed by atoms with Crippen molar-refractivity contribution in [3.8, 4) is 0 Å². The standard InChI is InChI=1S/C33H47FN6O3S.C5H8O4/c1-23-21-38(33(4)12-16-37(17-13-33)32(41)30-24(2)35-22-36-25(30)3)18-19-40(23)31(27-6-5-7-28(34)20-27)26-10-14-39(15-11-26)44(42,43)29-8-9-29;6-4(7)2-1-3-5(8)9/h5-7,20,22-23,26,29,31H,8-19,21H2,1-4H3;1-3H2,(H,6,7)(H,8,9)/t23-,31-;/m1./s1. The molecule has 2 aromatic rings. The summed E-state index contributed by atoms with van der Waals surface area (Å²) in [6.45, 7) is 13.5. The summed E-state index contributed by atoms with van der Waals surface area (Å²) in [6, 6.07) is 7.29. The molecular weight excluding hydrogens is 704 g/mol. The smallest absolute Gasteiger partial charge is 0.303 e. The number of rotatable bonds is 11. The van der Waals surface area contributed by atoms with Gasteiger partial charge in [-0.05, 0) is 96.3 Å². The van der Waals surface area contributed by atoms with E-state index in [0.29, 0.717) is 31.7 Å². The lowest BCUT2D eigenvalue weighted by atomic mass is 9.82. The van der Waals surface area contributed by atoms with E-state index in [1.807, 2.05) is 24.8 Å². The van der Waals surface area contributed by atoms with Crippen LogP contribution >= 0.6 is 0 Å². The Kier molecular flexibility index (Phi) is 13.3. The van der Waals surface area contributed by atoms with Gasteiger partial charge in [-0.1, -0.05) is 12.1 Å². The second-order valence-electron chi connectivity index (χ2n) is 15.4. The number of halogens is 1. The van der Waals surface area contributed by atoms with Crippen molar-refractivity contribution in [3.05, 3.63) is 58.9 Å². The largest absolute Gasteiger partial charge is 0.481 e. The Morgan fingerprint density at radius 2 is 1.53 bits per heavy atom. The number of carbonyl (C=O) groups excluding carboxylic acids is 1. The minimum atomic E-state index is -3.18. The van der Waals surface area contributed by atoms with Crippen LogP contribution in [0.1, 0.15) is 105 Å². The number of piperidine rings is 2. The summed E-state index contributed by atoms with van der Waals surface area (Å²) >= 11 is 0. The van der Waals surface area contributed by atoms with E-state index in [1.165, 1.54) is 12.4 Å². The fraction of sp³-hybridized carbons (Fsp3) is 0.658. The molecule has 3 saturated heterocycles. The average molecular weight is 759 g/mol. The van der Waals surface area contributed by atoms with E-state index in [2.05, 4.69) is 33.6 Å². The lowest BCUT2D eigenvalue weighted by Crippen LogP contribution is -2.63. The maximum Gasteiger partial charge on any atom is 0.303 e. The molecule has 1 amide bonds. The molecule has 15 heteroatoms. The van der Waals surface area contributed by atoms with Crippen molar-refractivity contribution in [2.75, 3.05) is 45.8 Å². The molecule has 2 atom stereocenters. The maximum absolute atomic E-state index is 14.5. The Labute approximate surface area is 312 Å². The highest BCUT2D eigenvalue weighted by molar-refractivity contribution is 7.90. The van der Waals surface area contributed by atoms with Crippen LogP contribution in [0.4, 0.5) is 4.39 Å². The monoisotopic (exact) mass is 758 g/mol. The van der Waals surface area contributed by atoms with E-state index in [-0.39, 0.29) is 59.8 Å². The molecule has 2 N–H and O–H groups in total. The van der Waals surface area contributed by atoms with Crippen LogP contribution in [0.3, 0.4) is 0 Å². The maximum atomic E-state index is 14.5. The summed E-state index contributed by atoms with van der Waals surface area (Å²) in [5, 5.41) is 15.9. The van der Waals surface area contributed by atoms with Crippen molar-refractivity contribution in [2.45, 2.75) is 108 Å². The van der Waals surface area contributed by atoms with Gasteiger partial charge in [0.25, 0.3) is 5.91 Å². The number of amides is 1. The average Bonchev–Trinajstić information content (AvgIpc) is 3.97. The molecule has 1 aromatic heterocycles. The third-order valence-electron chi connectivity index (χ3n) is 11.6. The first kappa shape index (κ1) is 40.7. The lowest BCUT2D eigenvalue weighted by Gasteiger charge is -2.54. The Balaban J connectivity index is 0.000000534. The third kappa shape index (κ3) is 9.97. The van der Waals surface area contributed by atoms with Crippen LogP contribution in [-0.4, -0.2) is 128 Å². The van der Waals surface area contributed by atoms with Crippen molar-refractivity contribution < 1.29 is 37.4 Å². The summed E-state index contributed by atoms with van der Waals surface area (Å²) in [7, 11) is -3.18. The van der Waals surface area contributed by atoms with Crippen LogP contribution in [0, 0.1) is 25.6 Å². The van der Waals surface area contributed by atoms with Gasteiger partial charge in [-0.2, -0.15) is 0 Å². The number of hydrogen-bond acceptors (Lipinski definition) is 9. The van der Waals surface area contributed by atoms with Gasteiger partial charge in [0, 0.05) is 76.3 Å². The first-order chi connectivity index (χ1) is 25.1. The molecule has 3 aliphatic heterocycles. The van der Waals surface area contributed by atoms with E-state index < -0.39 is 22.0 Å². The lowest BCUT2D eigenvalue weighted by molar-refractivity contribution is -0.138. The highest BCUT2D eigenvalue weighted by Crippen LogP contribution is 2.41. The van der Waals surface area contributed by atoms with Gasteiger partial charge in [0.2, 0.25) is 10.0 Å². The quantitative estimate of drug-likeness (QED) is 0.332. The number of carbonyl (C=O) groups is 3. The van der Waals surface area contributed by atoms with Gasteiger partial charge >= 0.3 is 11.9 Å². The van der Waals surface area contributed by atoms with Crippen LogP contribution in [0.25, 0.3) is 0 Å². The Morgan fingerprint density at radius 3 is 2.06 bits per heavy atom. The summed E-state index contributed by atoms with van der Waals surface area (Å²) in [5.74, 6) is -1.84. The molecule has 4 fully saturated rings. The van der Waals surface area contributed by atoms with Gasteiger partial charge in [-0.3, -0.25) is 24.2 Å². The van der Waals surface area contributed by atoms with E-state index in [4.69, 9.17) is 10.2 Å². The number of sulfonamides is 1. The normalized spacial score (nSPS) is 22.4. The van der Waals surface area contributed by atoms with E-state index in [9.17, 15) is 27.2 Å². The molecular formula is C38H55FN6O7S. The third-order valence-corrected chi connectivity index (χ3v) is 14.0. The zero-order chi connectivity index (χ0) is 38.5. The summed E-state index contributed by atoms with van der Waals surface area (Å²) in [5.41, 5.74) is 3.05. The number of carboxylic acids is 2. The molecule has 4 aliphatic rings. The first-order valence-electron chi connectivity index (χ1n) is 18.9. The molecule has 0 radical (unpaired) electrons. The minimum Gasteiger partial charge on any atom is -0.481 e. The number of nitrogens with zero attached hydrogens (tertiary/aromatic N) is 6. The number of piperazine rings is 1. The zero-order valence-corrected chi connectivity index (χ0v) is 32.2. The number of likely N-dealkylation sites (tertiary alicyclic amines) is 1. The number of aliphatic carboxylic acids is 2. The molecule has 292 valence electrons. The number of aryl methyl sites for hydroxylation is 2. The van der Waals surface area contributed by atoms with Crippen LogP contribution in [-0.2, 0) is 19.6 Å². The predicted molar refractivity (Wildman–Crippen MR) is 197 cm³/mol. The first-order valence-corrected chi connectivity index (χ1v) is 20.4. The van der Waals surface area contributed by atoms with Crippen LogP contribution in [0.2, 0.25) is 0 Å². The van der Waals surface area contributed by atoms with E-state index in [0.717, 1.165) is 75.1 Å². The number of benzene rings is 1. The Bertz CT molecular complexity index is 1690. The Hall–Kier alpha value is -3.53. The second kappa shape index (κ2) is 17.3. The van der Waals surface area contributed by atoms with Crippen LogP contribution in [0.15, 0.2) is 30.6 Å². The topological polar surface area (TPSA) is 165 Å². The van der Waals surface area contributed by atoms with E-state index >= 15 is 0 Å². The van der Waals surface area contributed by atoms with Gasteiger partial charge in [0.05, 0.1) is 22.2 Å². The van der Waals surface area contributed by atoms with Crippen molar-refractivity contribution >= 4 is 27.9 Å². The molecule has 53 heavy (non-hydrogen) atoms. The van der Waals surface area contributed by atoms with Gasteiger partial charge in [0.1, 0.15) is 12.1 Å². The highest BCUT2D eigenvalue weighted by atomic mass is 32.2. The highest BCUT2D eigenvalue weighted by Gasteiger charge is 2.45. The molecule has 1 aromatic carbocycles. The minimum absolute atomic E-state index is 0.00866. The van der Waals surface area contributed by atoms with Crippen molar-refractivity contribution in [3.63, 3.8) is 0 Å². The van der Waals surface area contributed by atoms with Crippen molar-refractivity contribution in [1.82, 2.24) is 29.0 Å². The van der Waals surface area contributed by atoms with Crippen LogP contribution in [0.5, 0.6) is 0 Å². The number of aromatic nitrogens is 2. The zero-order valence-electron chi connectivity index (χ0n) is 31.4. The fourth-order valence-corrected chi connectivity index (χ4v) is 10.2. The fourth-order valence-electron chi connectivity index (χ4n) is 8.28. The van der Waals surface area contributed by atoms with Crippen LogP contribution < -0.4 is 0 Å². The van der Waals surface area contributed by atoms with Crippen molar-refractivity contribution in [2.24, 2.45) is 5.92 Å². The number of carboxylic acid groups (broad SMARTS) is 2.